The van der Waals surface area contributed by atoms with Gasteiger partial charge in [0.25, 0.3) is 11.8 Å². The number of aliphatic carboxylic acids is 1. The third kappa shape index (κ3) is 4.36. The molecule has 0 atom stereocenters. The Morgan fingerprint density at radius 1 is 0.893 bits per heavy atom. The third-order valence-corrected chi connectivity index (χ3v) is 4.96. The van der Waals surface area contributed by atoms with E-state index in [2.05, 4.69) is 10.6 Å². The van der Waals surface area contributed by atoms with Crippen molar-refractivity contribution >= 4 is 23.5 Å². The van der Waals surface area contributed by atoms with Gasteiger partial charge in [-0.3, -0.25) is 9.59 Å². The highest BCUT2D eigenvalue weighted by Gasteiger charge is 2.41. The molecule has 1 saturated carbocycles. The van der Waals surface area contributed by atoms with Crippen LogP contribution in [0.1, 0.15) is 52.8 Å². The zero-order valence-electron chi connectivity index (χ0n) is 15.2. The number of hydrogen-bond donors (Lipinski definition) is 3. The molecule has 1 aliphatic carbocycles. The number of halogens is 1. The number of carbonyl (C=O) groups is 3. The number of hydrogen-bond acceptors (Lipinski definition) is 3. The fraction of sp³-hybridized carbons (Fsp3) is 0.286. The zero-order valence-corrected chi connectivity index (χ0v) is 15.2. The molecule has 3 rings (SSSR count). The van der Waals surface area contributed by atoms with Crippen LogP contribution >= 0.6 is 0 Å². The monoisotopic (exact) mass is 384 g/mol. The Morgan fingerprint density at radius 2 is 1.57 bits per heavy atom. The Hall–Kier alpha value is -3.22. The molecule has 0 saturated heterocycles. The normalized spacial score (nSPS) is 15.5. The molecule has 28 heavy (non-hydrogen) atoms. The van der Waals surface area contributed by atoms with E-state index >= 15 is 0 Å². The quantitative estimate of drug-likeness (QED) is 0.734. The second-order valence-corrected chi connectivity index (χ2v) is 6.94. The van der Waals surface area contributed by atoms with Crippen molar-refractivity contribution < 1.29 is 23.9 Å². The van der Waals surface area contributed by atoms with E-state index in [9.17, 15) is 23.9 Å². The third-order valence-electron chi connectivity index (χ3n) is 4.96. The number of benzene rings is 2. The minimum atomic E-state index is -1.25. The van der Waals surface area contributed by atoms with Crippen molar-refractivity contribution in [1.29, 1.82) is 0 Å². The Kier molecular flexibility index (Phi) is 5.73. The second-order valence-electron chi connectivity index (χ2n) is 6.94. The van der Waals surface area contributed by atoms with Crippen LogP contribution in [0.3, 0.4) is 0 Å². The van der Waals surface area contributed by atoms with Crippen molar-refractivity contribution in [1.82, 2.24) is 5.32 Å². The van der Waals surface area contributed by atoms with Crippen LogP contribution in [0.15, 0.2) is 48.5 Å². The molecule has 0 heterocycles. The number of carboxylic acid groups (broad SMARTS) is 1. The topological polar surface area (TPSA) is 95.5 Å². The maximum atomic E-state index is 13.0. The van der Waals surface area contributed by atoms with Gasteiger partial charge in [0, 0.05) is 16.8 Å². The van der Waals surface area contributed by atoms with Gasteiger partial charge in [0.1, 0.15) is 11.4 Å². The van der Waals surface area contributed by atoms with Crippen molar-refractivity contribution in [2.45, 2.75) is 37.6 Å². The molecule has 2 aromatic rings. The lowest BCUT2D eigenvalue weighted by Gasteiger charge is -2.34. The van der Waals surface area contributed by atoms with Gasteiger partial charge in [0.2, 0.25) is 0 Å². The largest absolute Gasteiger partial charge is 0.480 e. The smallest absolute Gasteiger partial charge is 0.329 e. The van der Waals surface area contributed by atoms with E-state index in [-0.39, 0.29) is 11.1 Å². The fourth-order valence-corrected chi connectivity index (χ4v) is 3.38. The Balaban J connectivity index is 1.73. The van der Waals surface area contributed by atoms with Crippen molar-refractivity contribution in [3.8, 4) is 0 Å². The maximum Gasteiger partial charge on any atom is 0.329 e. The highest BCUT2D eigenvalue weighted by Crippen LogP contribution is 2.29. The molecule has 2 aromatic carbocycles. The van der Waals surface area contributed by atoms with Gasteiger partial charge in [-0.1, -0.05) is 25.3 Å². The molecule has 0 unspecified atom stereocenters. The summed E-state index contributed by atoms with van der Waals surface area (Å²) in [5.74, 6) is -2.40. The summed E-state index contributed by atoms with van der Waals surface area (Å²) in [6.45, 7) is 0. The lowest BCUT2D eigenvalue weighted by atomic mass is 9.81. The molecule has 146 valence electrons. The summed E-state index contributed by atoms with van der Waals surface area (Å²) < 4.78 is 13.0. The van der Waals surface area contributed by atoms with Crippen LogP contribution < -0.4 is 10.6 Å². The van der Waals surface area contributed by atoms with Crippen molar-refractivity contribution in [2.24, 2.45) is 0 Å². The van der Waals surface area contributed by atoms with Gasteiger partial charge in [0.05, 0.1) is 0 Å². The summed E-state index contributed by atoms with van der Waals surface area (Å²) >= 11 is 0. The van der Waals surface area contributed by atoms with Crippen LogP contribution in [-0.2, 0) is 4.79 Å². The van der Waals surface area contributed by atoms with Crippen molar-refractivity contribution in [3.05, 3.63) is 65.5 Å². The van der Waals surface area contributed by atoms with Crippen molar-refractivity contribution in [2.75, 3.05) is 5.32 Å². The van der Waals surface area contributed by atoms with Gasteiger partial charge in [0.15, 0.2) is 0 Å². The lowest BCUT2D eigenvalue weighted by molar-refractivity contribution is -0.145. The molecular formula is C21H21FN2O4. The number of carbonyl (C=O) groups excluding carboxylic acids is 2. The van der Waals surface area contributed by atoms with Crippen LogP contribution in [0.25, 0.3) is 0 Å². The Bertz CT molecular complexity index is 890. The number of rotatable bonds is 5. The maximum absolute atomic E-state index is 13.0. The van der Waals surface area contributed by atoms with E-state index in [1.165, 1.54) is 30.3 Å². The minimum absolute atomic E-state index is 0.253. The number of carboxylic acids is 1. The average Bonchev–Trinajstić information content (AvgIpc) is 2.69. The van der Waals surface area contributed by atoms with Gasteiger partial charge in [-0.25, -0.2) is 9.18 Å². The van der Waals surface area contributed by atoms with Crippen LogP contribution in [0.2, 0.25) is 0 Å². The van der Waals surface area contributed by atoms with Gasteiger partial charge in [-0.2, -0.15) is 0 Å². The van der Waals surface area contributed by atoms with E-state index in [0.29, 0.717) is 18.5 Å². The Morgan fingerprint density at radius 3 is 2.21 bits per heavy atom. The first-order valence-electron chi connectivity index (χ1n) is 9.12. The van der Waals surface area contributed by atoms with E-state index in [1.54, 1.807) is 18.2 Å². The van der Waals surface area contributed by atoms with Gasteiger partial charge in [-0.05, 0) is 55.3 Å². The predicted octanol–water partition coefficient (Wildman–Crippen LogP) is 3.60. The molecule has 2 amide bonds. The highest BCUT2D eigenvalue weighted by atomic mass is 19.1. The summed E-state index contributed by atoms with van der Waals surface area (Å²) in [5, 5.41) is 14.9. The first-order chi connectivity index (χ1) is 13.4. The number of amides is 2. The average molecular weight is 384 g/mol. The van der Waals surface area contributed by atoms with Crippen LogP contribution in [0.5, 0.6) is 0 Å². The fourth-order valence-electron chi connectivity index (χ4n) is 3.38. The summed E-state index contributed by atoms with van der Waals surface area (Å²) in [5.41, 5.74) is -0.329. The molecule has 0 bridgehead atoms. The number of anilines is 1. The molecule has 1 fully saturated rings. The van der Waals surface area contributed by atoms with Crippen molar-refractivity contribution in [3.63, 3.8) is 0 Å². The van der Waals surface area contributed by atoms with Crippen LogP contribution in [0.4, 0.5) is 10.1 Å². The molecular weight excluding hydrogens is 363 g/mol. The summed E-state index contributed by atoms with van der Waals surface area (Å²) in [4.78, 5) is 36.6. The van der Waals surface area contributed by atoms with E-state index in [0.717, 1.165) is 19.3 Å². The lowest BCUT2D eigenvalue weighted by Crippen LogP contribution is -2.55. The summed E-state index contributed by atoms with van der Waals surface area (Å²) in [7, 11) is 0. The first kappa shape index (κ1) is 19.5. The SMILES string of the molecule is O=C(Nc1cccc(C(=O)NC2(C(=O)O)CCCCC2)c1)c1ccc(F)cc1. The molecule has 3 N–H and O–H groups in total. The standard InChI is InChI=1S/C21H21FN2O4/c22-16-9-7-14(8-10-16)18(25)23-17-6-4-5-15(13-17)19(26)24-21(20(27)28)11-2-1-3-12-21/h4-10,13H,1-3,11-12H2,(H,23,25)(H,24,26)(H,27,28). The minimum Gasteiger partial charge on any atom is -0.480 e. The molecule has 7 heteroatoms. The van der Waals surface area contributed by atoms with E-state index in [1.807, 2.05) is 0 Å². The van der Waals surface area contributed by atoms with Crippen LogP contribution in [0, 0.1) is 5.82 Å². The second kappa shape index (κ2) is 8.21. The summed E-state index contributed by atoms with van der Waals surface area (Å²) in [6.07, 6.45) is 3.25. The number of nitrogens with one attached hydrogen (secondary N) is 2. The predicted molar refractivity (Wildman–Crippen MR) is 102 cm³/mol. The van der Waals surface area contributed by atoms with Gasteiger partial charge < -0.3 is 15.7 Å². The summed E-state index contributed by atoms with van der Waals surface area (Å²) in [6, 6.07) is 11.4. The molecule has 0 radical (unpaired) electrons. The zero-order chi connectivity index (χ0) is 20.1. The highest BCUT2D eigenvalue weighted by molar-refractivity contribution is 6.05. The molecule has 6 nitrogen and oxygen atoms in total. The molecule has 0 spiro atoms. The Labute approximate surface area is 161 Å². The molecule has 0 aromatic heterocycles. The van der Waals surface area contributed by atoms with E-state index < -0.39 is 29.1 Å². The molecule has 1 aliphatic rings. The van der Waals surface area contributed by atoms with E-state index in [4.69, 9.17) is 0 Å². The van der Waals surface area contributed by atoms with Gasteiger partial charge >= 0.3 is 5.97 Å². The van der Waals surface area contributed by atoms with Gasteiger partial charge in [-0.15, -0.1) is 0 Å². The van der Waals surface area contributed by atoms with Crippen LogP contribution in [-0.4, -0.2) is 28.4 Å². The molecule has 0 aliphatic heterocycles. The first-order valence-corrected chi connectivity index (χ1v) is 9.12.